The number of amides is 2. The first-order chi connectivity index (χ1) is 15.6. The molecule has 33 heavy (non-hydrogen) atoms. The fraction of sp³-hybridized carbons (Fsp3) is 0.417. The molecule has 0 unspecified atom stereocenters. The van der Waals surface area contributed by atoms with Gasteiger partial charge in [0.05, 0.1) is 11.4 Å². The maximum atomic E-state index is 13.4. The van der Waals surface area contributed by atoms with Crippen molar-refractivity contribution in [3.63, 3.8) is 0 Å². The zero-order valence-electron chi connectivity index (χ0n) is 19.5. The molecule has 0 aromatic heterocycles. The summed E-state index contributed by atoms with van der Waals surface area (Å²) in [6, 6.07) is 14.3. The van der Waals surface area contributed by atoms with Gasteiger partial charge in [0, 0.05) is 24.7 Å². The Morgan fingerprint density at radius 2 is 1.61 bits per heavy atom. The van der Waals surface area contributed by atoms with Crippen molar-refractivity contribution in [2.75, 3.05) is 13.6 Å². The average Bonchev–Trinajstić information content (AvgIpc) is 2.79. The number of carbonyl (C=O) groups excluding carboxylic acids is 2. The van der Waals surface area contributed by atoms with E-state index in [2.05, 4.69) is 5.32 Å². The van der Waals surface area contributed by atoms with Crippen molar-refractivity contribution in [1.82, 2.24) is 14.5 Å². The van der Waals surface area contributed by atoms with Gasteiger partial charge < -0.3 is 10.2 Å². The largest absolute Gasteiger partial charge is 0.352 e. The number of sulfonamides is 1. The van der Waals surface area contributed by atoms with Gasteiger partial charge in [-0.05, 0) is 49.6 Å². The SMILES string of the molecule is CC[C@H](C(=O)N[C@@H](C)CC)N(Cc1ccccc1)C(=O)CN(C)S(=O)(=O)c1ccc(Cl)cc1. The van der Waals surface area contributed by atoms with Crippen LogP contribution in [0.2, 0.25) is 5.02 Å². The molecule has 0 aliphatic carbocycles. The van der Waals surface area contributed by atoms with Crippen molar-refractivity contribution < 1.29 is 18.0 Å². The van der Waals surface area contributed by atoms with E-state index in [1.807, 2.05) is 51.1 Å². The van der Waals surface area contributed by atoms with Crippen molar-refractivity contribution in [2.45, 2.75) is 57.1 Å². The third-order valence-electron chi connectivity index (χ3n) is 5.46. The summed E-state index contributed by atoms with van der Waals surface area (Å²) in [6.07, 6.45) is 1.16. The molecule has 2 atom stereocenters. The van der Waals surface area contributed by atoms with Crippen LogP contribution in [0.1, 0.15) is 39.2 Å². The minimum absolute atomic E-state index is 0.0341. The molecule has 2 aromatic carbocycles. The number of likely N-dealkylation sites (N-methyl/N-ethyl adjacent to an activating group) is 1. The predicted octanol–water partition coefficient (Wildman–Crippen LogP) is 3.68. The molecular formula is C24H32ClN3O4S. The van der Waals surface area contributed by atoms with Crippen molar-refractivity contribution >= 4 is 33.4 Å². The fourth-order valence-electron chi connectivity index (χ4n) is 3.29. The number of nitrogens with one attached hydrogen (secondary N) is 1. The van der Waals surface area contributed by atoms with E-state index in [0.717, 1.165) is 16.3 Å². The highest BCUT2D eigenvalue weighted by Gasteiger charge is 2.32. The van der Waals surface area contributed by atoms with Crippen LogP contribution in [-0.4, -0.2) is 55.1 Å². The Morgan fingerprint density at radius 1 is 1.00 bits per heavy atom. The fourth-order valence-corrected chi connectivity index (χ4v) is 4.54. The van der Waals surface area contributed by atoms with Gasteiger partial charge in [-0.25, -0.2) is 8.42 Å². The van der Waals surface area contributed by atoms with Gasteiger partial charge >= 0.3 is 0 Å². The molecule has 2 rings (SSSR count). The Bertz CT molecular complexity index is 1030. The van der Waals surface area contributed by atoms with E-state index >= 15 is 0 Å². The molecule has 7 nitrogen and oxygen atoms in total. The minimum atomic E-state index is -3.91. The van der Waals surface area contributed by atoms with Crippen LogP contribution in [0.25, 0.3) is 0 Å². The third kappa shape index (κ3) is 7.28. The summed E-state index contributed by atoms with van der Waals surface area (Å²) in [5.74, 6) is -0.704. The number of hydrogen-bond acceptors (Lipinski definition) is 4. The zero-order chi connectivity index (χ0) is 24.6. The molecule has 180 valence electrons. The summed E-state index contributed by atoms with van der Waals surface area (Å²) < 4.78 is 26.9. The summed E-state index contributed by atoms with van der Waals surface area (Å²) in [6.45, 7) is 5.50. The molecular weight excluding hydrogens is 462 g/mol. The van der Waals surface area contributed by atoms with Gasteiger partial charge in [0.1, 0.15) is 6.04 Å². The van der Waals surface area contributed by atoms with Crippen molar-refractivity contribution in [3.05, 3.63) is 65.2 Å². The highest BCUT2D eigenvalue weighted by Crippen LogP contribution is 2.19. The van der Waals surface area contributed by atoms with Crippen molar-refractivity contribution in [1.29, 1.82) is 0 Å². The predicted molar refractivity (Wildman–Crippen MR) is 130 cm³/mol. The van der Waals surface area contributed by atoms with Gasteiger partial charge in [0.2, 0.25) is 21.8 Å². The maximum Gasteiger partial charge on any atom is 0.243 e. The van der Waals surface area contributed by atoms with Crippen molar-refractivity contribution in [2.24, 2.45) is 0 Å². The molecule has 0 radical (unpaired) electrons. The van der Waals surface area contributed by atoms with Crippen LogP contribution in [0.5, 0.6) is 0 Å². The molecule has 0 saturated heterocycles. The summed E-state index contributed by atoms with van der Waals surface area (Å²) in [5, 5.41) is 3.36. The van der Waals surface area contributed by atoms with Gasteiger partial charge in [-0.15, -0.1) is 0 Å². The number of hydrogen-bond donors (Lipinski definition) is 1. The first kappa shape index (κ1) is 26.8. The van der Waals surface area contributed by atoms with Crippen LogP contribution >= 0.6 is 11.6 Å². The lowest BCUT2D eigenvalue weighted by Gasteiger charge is -2.32. The molecule has 0 heterocycles. The number of carbonyl (C=O) groups is 2. The topological polar surface area (TPSA) is 86.8 Å². The van der Waals surface area contributed by atoms with Crippen LogP contribution in [-0.2, 0) is 26.2 Å². The number of benzene rings is 2. The smallest absolute Gasteiger partial charge is 0.243 e. The first-order valence-electron chi connectivity index (χ1n) is 11.0. The highest BCUT2D eigenvalue weighted by atomic mass is 35.5. The second-order valence-electron chi connectivity index (χ2n) is 7.96. The Hall–Kier alpha value is -2.42. The number of nitrogens with zero attached hydrogens (tertiary/aromatic N) is 2. The zero-order valence-corrected chi connectivity index (χ0v) is 21.1. The van der Waals surface area contributed by atoms with Crippen LogP contribution in [0.3, 0.4) is 0 Å². The summed E-state index contributed by atoms with van der Waals surface area (Å²) in [7, 11) is -2.56. The van der Waals surface area contributed by atoms with Crippen LogP contribution in [0.4, 0.5) is 0 Å². The van der Waals surface area contributed by atoms with Gasteiger partial charge in [0.25, 0.3) is 0 Å². The monoisotopic (exact) mass is 493 g/mol. The second-order valence-corrected chi connectivity index (χ2v) is 10.4. The maximum absolute atomic E-state index is 13.4. The van der Waals surface area contributed by atoms with E-state index in [-0.39, 0.29) is 23.4 Å². The van der Waals surface area contributed by atoms with Crippen molar-refractivity contribution in [3.8, 4) is 0 Å². The Morgan fingerprint density at radius 3 is 2.15 bits per heavy atom. The Labute approximate surface area is 201 Å². The highest BCUT2D eigenvalue weighted by molar-refractivity contribution is 7.89. The van der Waals surface area contributed by atoms with E-state index in [9.17, 15) is 18.0 Å². The first-order valence-corrected chi connectivity index (χ1v) is 12.8. The molecule has 0 fully saturated rings. The molecule has 2 aromatic rings. The molecule has 0 saturated carbocycles. The second kappa shape index (κ2) is 12.2. The quantitative estimate of drug-likeness (QED) is 0.517. The standard InChI is InChI=1S/C24H32ClN3O4S/c1-5-18(3)26-24(30)22(6-2)28(16-19-10-8-7-9-11-19)23(29)17-27(4)33(31,32)21-14-12-20(25)13-15-21/h7-15,18,22H,5-6,16-17H2,1-4H3,(H,26,30)/t18-,22+/m0/s1. The summed E-state index contributed by atoms with van der Waals surface area (Å²) >= 11 is 5.86. The minimum Gasteiger partial charge on any atom is -0.352 e. The molecule has 0 bridgehead atoms. The van der Waals surface area contributed by atoms with Gasteiger partial charge in [-0.3, -0.25) is 9.59 Å². The lowest BCUT2D eigenvalue weighted by Crippen LogP contribution is -2.53. The molecule has 1 N–H and O–H groups in total. The molecule has 9 heteroatoms. The summed E-state index contributed by atoms with van der Waals surface area (Å²) in [5.41, 5.74) is 0.851. The average molecular weight is 494 g/mol. The van der Waals surface area contributed by atoms with E-state index < -0.39 is 28.5 Å². The van der Waals surface area contributed by atoms with Crippen LogP contribution in [0, 0.1) is 0 Å². The summed E-state index contributed by atoms with van der Waals surface area (Å²) in [4.78, 5) is 27.8. The van der Waals surface area contributed by atoms with Gasteiger partial charge in [-0.2, -0.15) is 4.31 Å². The Balaban J connectivity index is 2.29. The van der Waals surface area contributed by atoms with E-state index in [1.54, 1.807) is 0 Å². The lowest BCUT2D eigenvalue weighted by atomic mass is 10.1. The molecule has 0 aliphatic rings. The van der Waals surface area contributed by atoms with Crippen LogP contribution < -0.4 is 5.32 Å². The van der Waals surface area contributed by atoms with Crippen LogP contribution in [0.15, 0.2) is 59.5 Å². The molecule has 0 aliphatic heterocycles. The van der Waals surface area contributed by atoms with Gasteiger partial charge in [-0.1, -0.05) is 55.8 Å². The van der Waals surface area contributed by atoms with E-state index in [0.29, 0.717) is 11.4 Å². The molecule has 2 amide bonds. The van der Waals surface area contributed by atoms with E-state index in [1.165, 1.54) is 36.2 Å². The molecule has 0 spiro atoms. The number of rotatable bonds is 11. The Kier molecular flexibility index (Phi) is 9.88. The van der Waals surface area contributed by atoms with Gasteiger partial charge in [0.15, 0.2) is 0 Å². The van der Waals surface area contributed by atoms with E-state index in [4.69, 9.17) is 11.6 Å². The number of halogens is 1. The third-order valence-corrected chi connectivity index (χ3v) is 7.53. The lowest BCUT2D eigenvalue weighted by molar-refractivity contribution is -0.141. The normalized spacial score (nSPS) is 13.4.